The minimum atomic E-state index is -5.08. The predicted octanol–water partition coefficient (Wildman–Crippen LogP) is 1.85. The smallest absolute Gasteiger partial charge is 0.475 e. The number of carboxylic acid groups (broad SMARTS) is 1. The van der Waals surface area contributed by atoms with Crippen LogP contribution in [0.5, 0.6) is 0 Å². The lowest BCUT2D eigenvalue weighted by atomic mass is 9.84. The van der Waals surface area contributed by atoms with Gasteiger partial charge in [-0.25, -0.2) is 4.79 Å². The maximum Gasteiger partial charge on any atom is 0.490 e. The monoisotopic (exact) mass is 424 g/mol. The van der Waals surface area contributed by atoms with Crippen LogP contribution in [0.2, 0.25) is 0 Å². The molecule has 1 aromatic heterocycles. The Balaban J connectivity index is 0.000000345. The second-order valence-electron chi connectivity index (χ2n) is 6.48. The number of carboxylic acids is 1. The normalized spacial score (nSPS) is 15.9. The summed E-state index contributed by atoms with van der Waals surface area (Å²) in [6.45, 7) is 4.84. The maximum atomic E-state index is 12.8. The van der Waals surface area contributed by atoms with Crippen molar-refractivity contribution >= 4 is 16.2 Å². The second-order valence-corrected chi connectivity index (χ2v) is 7.83. The predicted molar refractivity (Wildman–Crippen MR) is 88.4 cm³/mol. The van der Waals surface area contributed by atoms with Crippen LogP contribution in [0.1, 0.15) is 6.92 Å². The molecule has 1 aliphatic rings. The van der Waals surface area contributed by atoms with Crippen molar-refractivity contribution in [1.29, 1.82) is 0 Å². The Kier molecular flexibility index (Phi) is 6.09. The zero-order valence-corrected chi connectivity index (χ0v) is 15.3. The largest absolute Gasteiger partial charge is 0.490 e. The molecule has 2 heterocycles. The molecule has 2 N–H and O–H groups in total. The number of aromatic nitrogens is 3. The van der Waals surface area contributed by atoms with Crippen molar-refractivity contribution in [3.05, 3.63) is 30.5 Å². The highest BCUT2D eigenvalue weighted by atomic mass is 32.3. The molecule has 0 radical (unpaired) electrons. The molecule has 1 saturated heterocycles. The lowest BCUT2D eigenvalue weighted by molar-refractivity contribution is -0.192. The summed E-state index contributed by atoms with van der Waals surface area (Å²) in [5.74, 6) is -2.76. The zero-order valence-electron chi connectivity index (χ0n) is 14.4. The van der Waals surface area contributed by atoms with E-state index >= 15 is 0 Å². The van der Waals surface area contributed by atoms with Crippen molar-refractivity contribution in [2.45, 2.75) is 24.5 Å². The highest BCUT2D eigenvalue weighted by molar-refractivity contribution is 7.86. The number of hydrogen-bond donors (Lipinski definition) is 2. The van der Waals surface area contributed by atoms with Gasteiger partial charge in [-0.05, 0) is 12.1 Å². The Bertz CT molecular complexity index is 938. The standard InChI is InChI=1S/C13H15FN4O2S.C2HF3O2/c1-13(7-15-8-13)9-18-6-12(16-17-18)10-2-4-11(5-3-10)21(14,19)20;3-2(4,5)1(6)7/h2-6,15H,7-9H2,1H3;(H,6,7). The van der Waals surface area contributed by atoms with Gasteiger partial charge in [0.05, 0.1) is 17.6 Å². The molecule has 2 aromatic rings. The first kappa shape index (κ1) is 21.8. The fourth-order valence-corrected chi connectivity index (χ4v) is 2.81. The number of aliphatic carboxylic acids is 1. The van der Waals surface area contributed by atoms with Gasteiger partial charge in [-0.15, -0.1) is 8.98 Å². The van der Waals surface area contributed by atoms with Gasteiger partial charge >= 0.3 is 22.4 Å². The molecule has 1 fully saturated rings. The van der Waals surface area contributed by atoms with Crippen molar-refractivity contribution in [3.8, 4) is 11.3 Å². The summed E-state index contributed by atoms with van der Waals surface area (Å²) in [6.07, 6.45) is -3.28. The average molecular weight is 424 g/mol. The van der Waals surface area contributed by atoms with E-state index in [0.717, 1.165) is 19.6 Å². The molecule has 0 amide bonds. The zero-order chi connectivity index (χ0) is 21.2. The molecule has 1 aliphatic heterocycles. The molecule has 8 nitrogen and oxygen atoms in total. The van der Waals surface area contributed by atoms with Crippen LogP contribution in [0, 0.1) is 5.41 Å². The van der Waals surface area contributed by atoms with Gasteiger partial charge in [0, 0.05) is 24.1 Å². The molecule has 0 atom stereocenters. The van der Waals surface area contributed by atoms with Gasteiger partial charge in [0.25, 0.3) is 0 Å². The molecule has 0 bridgehead atoms. The minimum absolute atomic E-state index is 0.192. The van der Waals surface area contributed by atoms with Crippen LogP contribution < -0.4 is 5.32 Å². The molecule has 0 saturated carbocycles. The van der Waals surface area contributed by atoms with Gasteiger partial charge in [-0.1, -0.05) is 24.3 Å². The van der Waals surface area contributed by atoms with Crippen molar-refractivity contribution in [3.63, 3.8) is 0 Å². The Morgan fingerprint density at radius 3 is 2.21 bits per heavy atom. The van der Waals surface area contributed by atoms with Gasteiger partial charge in [0.1, 0.15) is 5.69 Å². The molecule has 3 rings (SSSR count). The SMILES string of the molecule is CC1(Cn2cc(-c3ccc(S(=O)(=O)F)cc3)nn2)CNC1.O=C(O)C(F)(F)F. The van der Waals surface area contributed by atoms with Crippen LogP contribution in [0.15, 0.2) is 35.4 Å². The molecule has 28 heavy (non-hydrogen) atoms. The molecule has 1 aromatic carbocycles. The van der Waals surface area contributed by atoms with Crippen LogP contribution in [-0.2, 0) is 21.6 Å². The highest BCUT2D eigenvalue weighted by Crippen LogP contribution is 2.25. The van der Waals surface area contributed by atoms with E-state index in [0.29, 0.717) is 11.3 Å². The van der Waals surface area contributed by atoms with E-state index in [2.05, 4.69) is 22.6 Å². The first-order valence-corrected chi connectivity index (χ1v) is 9.15. The second kappa shape index (κ2) is 7.83. The third kappa shape index (κ3) is 5.73. The third-order valence-electron chi connectivity index (χ3n) is 3.86. The summed E-state index contributed by atoms with van der Waals surface area (Å²) >= 11 is 0. The van der Waals surface area contributed by atoms with Crippen molar-refractivity contribution in [1.82, 2.24) is 20.3 Å². The number of alkyl halides is 3. The van der Waals surface area contributed by atoms with Crippen LogP contribution >= 0.6 is 0 Å². The van der Waals surface area contributed by atoms with Gasteiger partial charge in [0.2, 0.25) is 0 Å². The number of nitrogens with one attached hydrogen (secondary N) is 1. The van der Waals surface area contributed by atoms with Crippen molar-refractivity contribution in [2.24, 2.45) is 5.41 Å². The van der Waals surface area contributed by atoms with Crippen molar-refractivity contribution < 1.29 is 35.4 Å². The number of carbonyl (C=O) groups is 1. The summed E-state index contributed by atoms with van der Waals surface area (Å²) < 4.78 is 67.9. The van der Waals surface area contributed by atoms with Gasteiger partial charge in [-0.2, -0.15) is 21.6 Å². The fraction of sp³-hybridized carbons (Fsp3) is 0.400. The quantitative estimate of drug-likeness (QED) is 0.569. The number of benzene rings is 1. The van der Waals surface area contributed by atoms with Crippen LogP contribution in [0.25, 0.3) is 11.3 Å². The third-order valence-corrected chi connectivity index (χ3v) is 4.70. The molecular weight excluding hydrogens is 408 g/mol. The average Bonchev–Trinajstić information content (AvgIpc) is 3.01. The number of nitrogens with zero attached hydrogens (tertiary/aromatic N) is 3. The first-order chi connectivity index (χ1) is 12.8. The van der Waals surface area contributed by atoms with E-state index in [4.69, 9.17) is 9.90 Å². The molecular formula is C15H16F4N4O4S. The molecule has 0 spiro atoms. The van der Waals surface area contributed by atoms with Gasteiger partial charge in [0.15, 0.2) is 0 Å². The molecule has 0 aliphatic carbocycles. The fourth-order valence-electron chi connectivity index (χ4n) is 2.35. The Hall–Kier alpha value is -2.54. The van der Waals surface area contributed by atoms with E-state index < -0.39 is 22.4 Å². The molecule has 154 valence electrons. The van der Waals surface area contributed by atoms with E-state index in [9.17, 15) is 25.5 Å². The van der Waals surface area contributed by atoms with Crippen LogP contribution in [-0.4, -0.2) is 53.8 Å². The summed E-state index contributed by atoms with van der Waals surface area (Å²) in [7, 11) is -4.66. The maximum absolute atomic E-state index is 12.8. The van der Waals surface area contributed by atoms with E-state index in [1.54, 1.807) is 4.68 Å². The Morgan fingerprint density at radius 1 is 1.29 bits per heavy atom. The Labute approximate surface area is 157 Å². The van der Waals surface area contributed by atoms with Crippen molar-refractivity contribution in [2.75, 3.05) is 13.1 Å². The number of halogens is 4. The summed E-state index contributed by atoms with van der Waals surface area (Å²) in [6, 6.07) is 5.49. The van der Waals surface area contributed by atoms with Gasteiger partial charge in [-0.3, -0.25) is 4.68 Å². The minimum Gasteiger partial charge on any atom is -0.475 e. The number of hydrogen-bond acceptors (Lipinski definition) is 6. The summed E-state index contributed by atoms with van der Waals surface area (Å²) in [5, 5.41) is 18.5. The Morgan fingerprint density at radius 2 is 1.82 bits per heavy atom. The summed E-state index contributed by atoms with van der Waals surface area (Å²) in [5.41, 5.74) is 1.52. The first-order valence-electron chi connectivity index (χ1n) is 7.76. The van der Waals surface area contributed by atoms with Crippen LogP contribution in [0.4, 0.5) is 17.1 Å². The number of rotatable bonds is 4. The van der Waals surface area contributed by atoms with E-state index in [-0.39, 0.29) is 10.3 Å². The van der Waals surface area contributed by atoms with Gasteiger partial charge < -0.3 is 10.4 Å². The lowest BCUT2D eigenvalue weighted by Crippen LogP contribution is -2.53. The molecule has 13 heteroatoms. The summed E-state index contributed by atoms with van der Waals surface area (Å²) in [4.78, 5) is 8.54. The van der Waals surface area contributed by atoms with E-state index in [1.807, 2.05) is 6.20 Å². The van der Waals surface area contributed by atoms with Crippen LogP contribution in [0.3, 0.4) is 0 Å². The topological polar surface area (TPSA) is 114 Å². The highest BCUT2D eigenvalue weighted by Gasteiger charge is 2.38. The van der Waals surface area contributed by atoms with E-state index in [1.165, 1.54) is 24.3 Å². The molecule has 0 unspecified atom stereocenters. The lowest BCUT2D eigenvalue weighted by Gasteiger charge is -2.38.